The van der Waals surface area contributed by atoms with E-state index in [1.54, 1.807) is 10.7 Å². The fourth-order valence-corrected chi connectivity index (χ4v) is 2.22. The van der Waals surface area contributed by atoms with Crippen LogP contribution in [0.1, 0.15) is 23.7 Å². The summed E-state index contributed by atoms with van der Waals surface area (Å²) in [5.74, 6) is -2.53. The minimum absolute atomic E-state index is 0.342. The zero-order valence-corrected chi connectivity index (χ0v) is 13.0. The van der Waals surface area contributed by atoms with Gasteiger partial charge in [0.25, 0.3) is 0 Å². The molecule has 0 aliphatic rings. The topological polar surface area (TPSA) is 84.2 Å². The molecule has 0 saturated heterocycles. The molecular formula is C16H19N3O3. The van der Waals surface area contributed by atoms with Crippen LogP contribution in [0.15, 0.2) is 24.3 Å². The van der Waals surface area contributed by atoms with Crippen LogP contribution in [-0.4, -0.2) is 26.8 Å². The van der Waals surface area contributed by atoms with E-state index < -0.39 is 17.8 Å². The number of hydrogen-bond donors (Lipinski definition) is 2. The van der Waals surface area contributed by atoms with Crippen molar-refractivity contribution in [3.05, 3.63) is 41.1 Å². The monoisotopic (exact) mass is 301 g/mol. The first kappa shape index (κ1) is 15.8. The Kier molecular flexibility index (Phi) is 4.30. The summed E-state index contributed by atoms with van der Waals surface area (Å²) in [5, 5.41) is 15.7. The highest BCUT2D eigenvalue weighted by atomic mass is 16.4. The number of carboxylic acids is 1. The number of carbonyl (C=O) groups excluding carboxylic acids is 1. The smallest absolute Gasteiger partial charge is 0.315 e. The Morgan fingerprint density at radius 2 is 1.73 bits per heavy atom. The van der Waals surface area contributed by atoms with Crippen LogP contribution in [-0.2, 0) is 9.59 Å². The first-order valence-electron chi connectivity index (χ1n) is 6.97. The molecule has 6 heteroatoms. The summed E-state index contributed by atoms with van der Waals surface area (Å²) in [5.41, 5.74) is 4.00. The van der Waals surface area contributed by atoms with Crippen LogP contribution in [0, 0.1) is 26.7 Å². The van der Waals surface area contributed by atoms with Gasteiger partial charge < -0.3 is 10.4 Å². The zero-order valence-electron chi connectivity index (χ0n) is 13.0. The van der Waals surface area contributed by atoms with Crippen LogP contribution in [0.2, 0.25) is 0 Å². The number of nitrogens with one attached hydrogen (secondary N) is 1. The van der Waals surface area contributed by atoms with E-state index in [1.165, 1.54) is 6.92 Å². The maximum Gasteiger partial charge on any atom is 0.315 e. The van der Waals surface area contributed by atoms with Gasteiger partial charge in [-0.05, 0) is 51.0 Å². The average molecular weight is 301 g/mol. The van der Waals surface area contributed by atoms with Crippen molar-refractivity contribution in [3.63, 3.8) is 0 Å². The van der Waals surface area contributed by atoms with Gasteiger partial charge in [0.05, 0.1) is 5.69 Å². The van der Waals surface area contributed by atoms with Gasteiger partial charge in [-0.1, -0.05) is 6.07 Å². The van der Waals surface area contributed by atoms with Crippen LogP contribution < -0.4 is 5.32 Å². The number of carboxylic acid groups (broad SMARTS) is 1. The molecule has 1 aromatic heterocycles. The van der Waals surface area contributed by atoms with Gasteiger partial charge in [0.1, 0.15) is 5.92 Å². The van der Waals surface area contributed by atoms with Crippen molar-refractivity contribution in [1.82, 2.24) is 9.78 Å². The molecule has 0 aliphatic heterocycles. The SMILES string of the molecule is Cc1cc(C)cc(-n2nc(NC(=O)C(C)C(=O)O)cc2C)c1. The summed E-state index contributed by atoms with van der Waals surface area (Å²) in [6.45, 7) is 7.23. The number of rotatable bonds is 4. The van der Waals surface area contributed by atoms with Crippen molar-refractivity contribution >= 4 is 17.7 Å². The van der Waals surface area contributed by atoms with Crippen molar-refractivity contribution in [2.24, 2.45) is 5.92 Å². The van der Waals surface area contributed by atoms with Crippen molar-refractivity contribution in [2.45, 2.75) is 27.7 Å². The quantitative estimate of drug-likeness (QED) is 0.850. The summed E-state index contributed by atoms with van der Waals surface area (Å²) >= 11 is 0. The molecule has 6 nitrogen and oxygen atoms in total. The maximum absolute atomic E-state index is 11.8. The van der Waals surface area contributed by atoms with Gasteiger partial charge in [-0.2, -0.15) is 0 Å². The van der Waals surface area contributed by atoms with E-state index in [1.807, 2.05) is 32.9 Å². The van der Waals surface area contributed by atoms with Crippen molar-refractivity contribution in [3.8, 4) is 5.69 Å². The lowest BCUT2D eigenvalue weighted by molar-refractivity contribution is -0.144. The van der Waals surface area contributed by atoms with E-state index in [0.29, 0.717) is 5.82 Å². The number of carbonyl (C=O) groups is 2. The van der Waals surface area contributed by atoms with Crippen molar-refractivity contribution in [1.29, 1.82) is 0 Å². The number of benzene rings is 1. The summed E-state index contributed by atoms with van der Waals surface area (Å²) in [4.78, 5) is 22.6. The molecule has 1 atom stereocenters. The number of aliphatic carboxylic acids is 1. The third kappa shape index (κ3) is 3.33. The average Bonchev–Trinajstić information content (AvgIpc) is 2.77. The van der Waals surface area contributed by atoms with E-state index in [0.717, 1.165) is 22.5 Å². The molecule has 2 N–H and O–H groups in total. The largest absolute Gasteiger partial charge is 0.481 e. The third-order valence-electron chi connectivity index (χ3n) is 3.35. The fourth-order valence-electron chi connectivity index (χ4n) is 2.22. The summed E-state index contributed by atoms with van der Waals surface area (Å²) < 4.78 is 1.72. The van der Waals surface area contributed by atoms with E-state index in [9.17, 15) is 9.59 Å². The molecule has 2 aromatic rings. The van der Waals surface area contributed by atoms with Crippen LogP contribution in [0.3, 0.4) is 0 Å². The first-order chi connectivity index (χ1) is 10.3. The molecule has 1 heterocycles. The van der Waals surface area contributed by atoms with Crippen LogP contribution in [0.5, 0.6) is 0 Å². The minimum atomic E-state index is -1.16. The lowest BCUT2D eigenvalue weighted by Gasteiger charge is -2.07. The lowest BCUT2D eigenvalue weighted by atomic mass is 10.1. The van der Waals surface area contributed by atoms with Gasteiger partial charge in [-0.25, -0.2) is 4.68 Å². The number of anilines is 1. The number of amides is 1. The van der Waals surface area contributed by atoms with Gasteiger partial charge in [0.2, 0.25) is 5.91 Å². The van der Waals surface area contributed by atoms with E-state index in [2.05, 4.69) is 16.5 Å². The number of nitrogens with zero attached hydrogens (tertiary/aromatic N) is 2. The van der Waals surface area contributed by atoms with Gasteiger partial charge in [0.15, 0.2) is 5.82 Å². The fraction of sp³-hybridized carbons (Fsp3) is 0.312. The Bertz CT molecular complexity index is 714. The normalized spacial score (nSPS) is 12.0. The standard InChI is InChI=1S/C16H19N3O3/c1-9-5-10(2)7-13(6-9)19-11(3)8-14(18-19)17-15(20)12(4)16(21)22/h5-8,12H,1-4H3,(H,21,22)(H,17,18,20). The van der Waals surface area contributed by atoms with Gasteiger partial charge in [-0.3, -0.25) is 9.59 Å². The molecule has 1 aromatic carbocycles. The van der Waals surface area contributed by atoms with Crippen LogP contribution in [0.4, 0.5) is 5.82 Å². The Hall–Kier alpha value is -2.63. The van der Waals surface area contributed by atoms with E-state index in [4.69, 9.17) is 5.11 Å². The Morgan fingerprint density at radius 1 is 1.14 bits per heavy atom. The van der Waals surface area contributed by atoms with Crippen molar-refractivity contribution < 1.29 is 14.7 Å². The Labute approximate surface area is 128 Å². The van der Waals surface area contributed by atoms with Gasteiger partial charge in [-0.15, -0.1) is 5.10 Å². The van der Waals surface area contributed by atoms with Gasteiger partial charge in [0, 0.05) is 11.8 Å². The van der Waals surface area contributed by atoms with E-state index in [-0.39, 0.29) is 0 Å². The predicted molar refractivity (Wildman–Crippen MR) is 83.2 cm³/mol. The molecule has 0 spiro atoms. The molecule has 2 rings (SSSR count). The summed E-state index contributed by atoms with van der Waals surface area (Å²) in [6.07, 6.45) is 0. The molecule has 0 fully saturated rings. The summed E-state index contributed by atoms with van der Waals surface area (Å²) in [6, 6.07) is 7.78. The molecule has 1 amide bonds. The number of aryl methyl sites for hydroxylation is 3. The highest BCUT2D eigenvalue weighted by Gasteiger charge is 2.21. The number of aromatic nitrogens is 2. The summed E-state index contributed by atoms with van der Waals surface area (Å²) in [7, 11) is 0. The highest BCUT2D eigenvalue weighted by Crippen LogP contribution is 2.18. The van der Waals surface area contributed by atoms with Crippen LogP contribution in [0.25, 0.3) is 5.69 Å². The molecule has 0 saturated carbocycles. The molecule has 116 valence electrons. The van der Waals surface area contributed by atoms with Gasteiger partial charge >= 0.3 is 5.97 Å². The molecule has 22 heavy (non-hydrogen) atoms. The molecule has 0 bridgehead atoms. The second-order valence-electron chi connectivity index (χ2n) is 5.48. The van der Waals surface area contributed by atoms with E-state index >= 15 is 0 Å². The zero-order chi connectivity index (χ0) is 16.4. The Balaban J connectivity index is 2.28. The first-order valence-corrected chi connectivity index (χ1v) is 6.97. The lowest BCUT2D eigenvalue weighted by Crippen LogP contribution is -2.27. The maximum atomic E-state index is 11.8. The molecular weight excluding hydrogens is 282 g/mol. The predicted octanol–water partition coefficient (Wildman–Crippen LogP) is 2.46. The number of hydrogen-bond acceptors (Lipinski definition) is 3. The highest BCUT2D eigenvalue weighted by molar-refractivity contribution is 6.03. The second kappa shape index (κ2) is 6.01. The minimum Gasteiger partial charge on any atom is -0.481 e. The van der Waals surface area contributed by atoms with Crippen molar-refractivity contribution in [2.75, 3.05) is 5.32 Å². The van der Waals surface area contributed by atoms with Crippen LogP contribution >= 0.6 is 0 Å². The molecule has 0 radical (unpaired) electrons. The second-order valence-corrected chi connectivity index (χ2v) is 5.48. The molecule has 1 unspecified atom stereocenters. The third-order valence-corrected chi connectivity index (χ3v) is 3.35. The molecule has 0 aliphatic carbocycles. The Morgan fingerprint density at radius 3 is 2.27 bits per heavy atom.